The Labute approximate surface area is 207 Å². The number of benzene rings is 2. The third kappa shape index (κ3) is 7.54. The zero-order valence-electron chi connectivity index (χ0n) is 17.1. The van der Waals surface area contributed by atoms with Crippen molar-refractivity contribution in [2.75, 3.05) is 0 Å². The number of hydrogen-bond donors (Lipinski definition) is 0. The van der Waals surface area contributed by atoms with Gasteiger partial charge in [0.15, 0.2) is 0 Å². The van der Waals surface area contributed by atoms with Crippen molar-refractivity contribution in [3.05, 3.63) is 41.5 Å². The molecular weight excluding hydrogens is 383 g/mol. The first-order chi connectivity index (χ1) is 12.5. The van der Waals surface area contributed by atoms with E-state index < -0.39 is 10.1 Å². The summed E-state index contributed by atoms with van der Waals surface area (Å²) >= 11 is 0. The molecule has 0 spiro atoms. The van der Waals surface area contributed by atoms with Gasteiger partial charge in [-0.15, -0.1) is 0 Å². The van der Waals surface area contributed by atoms with Gasteiger partial charge >= 0.3 is 51.4 Å². The molecule has 0 N–H and O–H groups in total. The molecule has 0 amide bonds. The second-order valence-corrected chi connectivity index (χ2v) is 8.49. The molecule has 0 saturated carbocycles. The second kappa shape index (κ2) is 12.7. The maximum absolute atomic E-state index is 11.8. The molecule has 0 aliphatic rings. The van der Waals surface area contributed by atoms with E-state index in [0.717, 1.165) is 55.0 Å². The van der Waals surface area contributed by atoms with E-state index in [0.29, 0.717) is 5.39 Å². The average molecular weight is 415 g/mol. The Hall–Kier alpha value is 0.246. The van der Waals surface area contributed by atoms with E-state index in [1.165, 1.54) is 31.7 Å². The SMILES string of the molecule is CCCCCCc1ccc(CCCCCC)c2c(S(=O)(=O)[O-])cccc12.[K+]. The molecule has 2 aromatic carbocycles. The van der Waals surface area contributed by atoms with Gasteiger partial charge in [0, 0.05) is 5.39 Å². The molecule has 2 aromatic rings. The van der Waals surface area contributed by atoms with E-state index in [9.17, 15) is 13.0 Å². The quantitative estimate of drug-likeness (QED) is 0.323. The Morgan fingerprint density at radius 1 is 0.778 bits per heavy atom. The summed E-state index contributed by atoms with van der Waals surface area (Å²) in [5.41, 5.74) is 2.14. The van der Waals surface area contributed by atoms with Crippen molar-refractivity contribution >= 4 is 20.9 Å². The number of fused-ring (bicyclic) bond motifs is 1. The van der Waals surface area contributed by atoms with Crippen LogP contribution in [0, 0.1) is 0 Å². The summed E-state index contributed by atoms with van der Waals surface area (Å²) in [6, 6.07) is 9.29. The maximum Gasteiger partial charge on any atom is 1.00 e. The molecule has 3 nitrogen and oxygen atoms in total. The van der Waals surface area contributed by atoms with Gasteiger partial charge in [0.25, 0.3) is 0 Å². The van der Waals surface area contributed by atoms with Crippen LogP contribution in [0.4, 0.5) is 0 Å². The van der Waals surface area contributed by atoms with Crippen molar-refractivity contribution < 1.29 is 64.4 Å². The van der Waals surface area contributed by atoms with E-state index in [1.54, 1.807) is 6.07 Å². The van der Waals surface area contributed by atoms with Crippen LogP contribution in [-0.4, -0.2) is 13.0 Å². The van der Waals surface area contributed by atoms with Crippen LogP contribution in [0.1, 0.15) is 76.3 Å². The fraction of sp³-hybridized carbons (Fsp3) is 0.545. The Balaban J connectivity index is 0.00000364. The van der Waals surface area contributed by atoms with Crippen molar-refractivity contribution in [2.45, 2.75) is 83.0 Å². The van der Waals surface area contributed by atoms with Crippen LogP contribution in [0.25, 0.3) is 10.8 Å². The van der Waals surface area contributed by atoms with Crippen molar-refractivity contribution in [2.24, 2.45) is 0 Å². The Morgan fingerprint density at radius 2 is 1.33 bits per heavy atom. The van der Waals surface area contributed by atoms with Crippen molar-refractivity contribution in [3.63, 3.8) is 0 Å². The molecule has 0 saturated heterocycles. The zero-order chi connectivity index (χ0) is 19.0. The van der Waals surface area contributed by atoms with E-state index in [-0.39, 0.29) is 56.3 Å². The average Bonchev–Trinajstić information content (AvgIpc) is 2.62. The van der Waals surface area contributed by atoms with Crippen LogP contribution in [0.3, 0.4) is 0 Å². The molecule has 0 heterocycles. The minimum atomic E-state index is -4.48. The standard InChI is InChI=1S/C22H32O3S.K/c1-3-5-7-9-12-18-16-17-19(13-10-8-6-4-2)22-20(18)14-11-15-21(22)26(23,24)25;/h11,14-17H,3-10,12-13H2,1-2H3,(H,23,24,25);/q;+1/p-1. The minimum absolute atomic E-state index is 0. The normalized spacial score (nSPS) is 11.5. The molecule has 5 heteroatoms. The molecule has 0 radical (unpaired) electrons. The second-order valence-electron chi connectivity index (χ2n) is 7.14. The molecule has 144 valence electrons. The number of hydrogen-bond acceptors (Lipinski definition) is 3. The molecule has 2 rings (SSSR count). The van der Waals surface area contributed by atoms with Crippen LogP contribution in [0.5, 0.6) is 0 Å². The zero-order valence-corrected chi connectivity index (χ0v) is 21.0. The molecule has 0 atom stereocenters. The summed E-state index contributed by atoms with van der Waals surface area (Å²) in [5.74, 6) is 0. The van der Waals surface area contributed by atoms with Gasteiger partial charge in [-0.3, -0.25) is 0 Å². The molecular formula is C22H31KO3S. The van der Waals surface area contributed by atoms with Gasteiger partial charge < -0.3 is 4.55 Å². The molecule has 0 fully saturated rings. The van der Waals surface area contributed by atoms with E-state index in [4.69, 9.17) is 0 Å². The van der Waals surface area contributed by atoms with Gasteiger partial charge in [0.1, 0.15) is 10.1 Å². The molecule has 0 bridgehead atoms. The first-order valence-electron chi connectivity index (χ1n) is 9.98. The number of rotatable bonds is 11. The molecule has 0 aliphatic carbocycles. The third-order valence-electron chi connectivity index (χ3n) is 5.05. The molecule has 0 aromatic heterocycles. The molecule has 27 heavy (non-hydrogen) atoms. The van der Waals surface area contributed by atoms with Crippen molar-refractivity contribution in [3.8, 4) is 0 Å². The smallest absolute Gasteiger partial charge is 0.744 e. The van der Waals surface area contributed by atoms with Gasteiger partial charge in [0.2, 0.25) is 0 Å². The fourth-order valence-corrected chi connectivity index (χ4v) is 4.36. The topological polar surface area (TPSA) is 57.2 Å². The van der Waals surface area contributed by atoms with Crippen LogP contribution in [0.15, 0.2) is 35.2 Å². The van der Waals surface area contributed by atoms with Gasteiger partial charge in [0.05, 0.1) is 4.90 Å². The summed E-state index contributed by atoms with van der Waals surface area (Å²) in [7, 11) is -4.48. The van der Waals surface area contributed by atoms with Crippen LogP contribution in [0.2, 0.25) is 0 Å². The Kier molecular flexibility index (Phi) is 11.9. The third-order valence-corrected chi connectivity index (χ3v) is 5.93. The van der Waals surface area contributed by atoms with Gasteiger partial charge in [-0.05, 0) is 48.3 Å². The predicted octanol–water partition coefficient (Wildman–Crippen LogP) is 2.99. The molecule has 0 aliphatic heterocycles. The minimum Gasteiger partial charge on any atom is -0.744 e. The largest absolute Gasteiger partial charge is 1.00 e. The number of unbranched alkanes of at least 4 members (excludes halogenated alkanes) is 6. The summed E-state index contributed by atoms with van der Waals surface area (Å²) in [4.78, 5) is -0.0594. The summed E-state index contributed by atoms with van der Waals surface area (Å²) in [6.45, 7) is 4.36. The summed E-state index contributed by atoms with van der Waals surface area (Å²) in [6.07, 6.45) is 10.9. The first kappa shape index (κ1) is 25.3. The van der Waals surface area contributed by atoms with E-state index >= 15 is 0 Å². The monoisotopic (exact) mass is 414 g/mol. The van der Waals surface area contributed by atoms with Gasteiger partial charge in [-0.25, -0.2) is 8.42 Å². The Bertz CT molecular complexity index is 816. The van der Waals surface area contributed by atoms with Crippen LogP contribution < -0.4 is 51.4 Å². The van der Waals surface area contributed by atoms with E-state index in [1.807, 2.05) is 12.1 Å². The van der Waals surface area contributed by atoms with Crippen molar-refractivity contribution in [1.82, 2.24) is 0 Å². The summed E-state index contributed by atoms with van der Waals surface area (Å²) in [5, 5.41) is 1.60. The van der Waals surface area contributed by atoms with Gasteiger partial charge in [-0.1, -0.05) is 76.6 Å². The van der Waals surface area contributed by atoms with E-state index in [2.05, 4.69) is 19.9 Å². The fourth-order valence-electron chi connectivity index (χ4n) is 3.62. The number of aryl methyl sites for hydroxylation is 2. The predicted molar refractivity (Wildman–Crippen MR) is 108 cm³/mol. The first-order valence-corrected chi connectivity index (χ1v) is 11.4. The van der Waals surface area contributed by atoms with Gasteiger partial charge in [-0.2, -0.15) is 0 Å². The maximum atomic E-state index is 11.8. The van der Waals surface area contributed by atoms with Crippen LogP contribution >= 0.6 is 0 Å². The Morgan fingerprint density at radius 3 is 1.89 bits per heavy atom. The van der Waals surface area contributed by atoms with Crippen molar-refractivity contribution in [1.29, 1.82) is 0 Å². The summed E-state index contributed by atoms with van der Waals surface area (Å²) < 4.78 is 35.5. The van der Waals surface area contributed by atoms with Crippen LogP contribution in [-0.2, 0) is 23.0 Å². The molecule has 0 unspecified atom stereocenters.